The van der Waals surface area contributed by atoms with Gasteiger partial charge in [-0.15, -0.1) is 0 Å². The van der Waals surface area contributed by atoms with Gasteiger partial charge in [-0.1, -0.05) is 31.2 Å². The number of aromatic nitrogens is 1. The number of ether oxygens (including phenoxy) is 1. The number of hydrogen-bond acceptors (Lipinski definition) is 5. The van der Waals surface area contributed by atoms with Crippen molar-refractivity contribution in [2.45, 2.75) is 39.2 Å². The zero-order chi connectivity index (χ0) is 22.7. The molecule has 0 amide bonds. The Morgan fingerprint density at radius 2 is 1.97 bits per heavy atom. The molecule has 0 radical (unpaired) electrons. The van der Waals surface area contributed by atoms with Crippen molar-refractivity contribution in [3.8, 4) is 11.5 Å². The number of pyridine rings is 1. The summed E-state index contributed by atoms with van der Waals surface area (Å²) in [7, 11) is 0. The number of hydrazone groups is 1. The maximum atomic E-state index is 10.0. The number of fused-ring (bicyclic) bond motifs is 1. The minimum atomic E-state index is -0.128. The summed E-state index contributed by atoms with van der Waals surface area (Å²) < 4.78 is 6.27. The van der Waals surface area contributed by atoms with Crippen molar-refractivity contribution in [3.05, 3.63) is 83.2 Å². The summed E-state index contributed by atoms with van der Waals surface area (Å²) >= 11 is 5.49. The van der Waals surface area contributed by atoms with Crippen LogP contribution >= 0.6 is 12.2 Å². The predicted octanol–water partition coefficient (Wildman–Crippen LogP) is 5.05. The Labute approximate surface area is 193 Å². The third-order valence-electron chi connectivity index (χ3n) is 5.73. The average molecular weight is 447 g/mol. The van der Waals surface area contributed by atoms with Gasteiger partial charge < -0.3 is 15.2 Å². The van der Waals surface area contributed by atoms with Crippen LogP contribution in [0.4, 0.5) is 5.69 Å². The quantitative estimate of drug-likeness (QED) is 0.385. The molecule has 0 saturated heterocycles. The first-order valence-electron chi connectivity index (χ1n) is 10.5. The molecule has 7 heteroatoms. The van der Waals surface area contributed by atoms with E-state index in [1.807, 2.05) is 50.4 Å². The number of phenolic OH excluding ortho intramolecular Hbond substituents is 1. The van der Waals surface area contributed by atoms with Crippen LogP contribution in [-0.2, 0) is 0 Å². The summed E-state index contributed by atoms with van der Waals surface area (Å²) in [5, 5.41) is 18.3. The van der Waals surface area contributed by atoms with E-state index in [4.69, 9.17) is 17.0 Å². The van der Waals surface area contributed by atoms with Crippen LogP contribution in [0.3, 0.4) is 0 Å². The van der Waals surface area contributed by atoms with Gasteiger partial charge in [-0.05, 0) is 67.0 Å². The van der Waals surface area contributed by atoms with Gasteiger partial charge in [-0.25, -0.2) is 0 Å². The largest absolute Gasteiger partial charge is 0.508 e. The number of nitrogens with one attached hydrogen (secondary N) is 2. The number of hydrogen-bond donors (Lipinski definition) is 3. The van der Waals surface area contributed by atoms with Gasteiger partial charge in [0.25, 0.3) is 0 Å². The van der Waals surface area contributed by atoms with Gasteiger partial charge >= 0.3 is 0 Å². The van der Waals surface area contributed by atoms with E-state index in [1.54, 1.807) is 24.4 Å². The molecule has 2 aromatic carbocycles. The predicted molar refractivity (Wildman–Crippen MR) is 132 cm³/mol. The van der Waals surface area contributed by atoms with Crippen molar-refractivity contribution >= 4 is 28.7 Å². The molecule has 2 atom stereocenters. The second-order valence-electron chi connectivity index (χ2n) is 8.01. The van der Waals surface area contributed by atoms with E-state index >= 15 is 0 Å². The van der Waals surface area contributed by atoms with Crippen molar-refractivity contribution in [1.82, 2.24) is 10.4 Å². The van der Waals surface area contributed by atoms with Crippen LogP contribution < -0.4 is 15.5 Å². The van der Waals surface area contributed by atoms with Crippen LogP contribution in [0.15, 0.2) is 66.0 Å². The fourth-order valence-electron chi connectivity index (χ4n) is 3.87. The third kappa shape index (κ3) is 4.73. The van der Waals surface area contributed by atoms with E-state index in [0.717, 1.165) is 33.7 Å². The van der Waals surface area contributed by atoms with Gasteiger partial charge in [0.2, 0.25) is 0 Å². The van der Waals surface area contributed by atoms with Gasteiger partial charge in [0.05, 0.1) is 5.71 Å². The fraction of sp³-hybridized carbons (Fsp3) is 0.240. The molecule has 1 aliphatic rings. The van der Waals surface area contributed by atoms with Crippen LogP contribution in [-0.4, -0.2) is 27.0 Å². The Balaban J connectivity index is 1.57. The number of rotatable bonds is 4. The van der Waals surface area contributed by atoms with Crippen LogP contribution in [0.5, 0.6) is 11.5 Å². The lowest BCUT2D eigenvalue weighted by molar-refractivity contribution is 0.176. The molecule has 2 heterocycles. The first-order chi connectivity index (χ1) is 15.4. The summed E-state index contributed by atoms with van der Waals surface area (Å²) in [6.45, 7) is 6.18. The molecule has 1 aromatic heterocycles. The van der Waals surface area contributed by atoms with Crippen LogP contribution in [0.2, 0.25) is 0 Å². The van der Waals surface area contributed by atoms with Crippen molar-refractivity contribution in [2.75, 3.05) is 5.32 Å². The number of para-hydroxylation sites is 1. The van der Waals surface area contributed by atoms with E-state index in [0.29, 0.717) is 17.3 Å². The number of thiocarbonyl (C=S) groups is 1. The second kappa shape index (κ2) is 9.36. The number of benzene rings is 2. The van der Waals surface area contributed by atoms with Crippen LogP contribution in [0.25, 0.3) is 0 Å². The summed E-state index contributed by atoms with van der Waals surface area (Å²) in [4.78, 5) is 4.23. The first kappa shape index (κ1) is 21.8. The molecule has 0 fully saturated rings. The summed E-state index contributed by atoms with van der Waals surface area (Å²) in [5.41, 5.74) is 8.77. The number of phenols is 1. The van der Waals surface area contributed by atoms with Crippen molar-refractivity contribution in [1.29, 1.82) is 0 Å². The molecular formula is C25H26N4O2S. The lowest BCUT2D eigenvalue weighted by Gasteiger charge is -2.31. The monoisotopic (exact) mass is 446 g/mol. The molecule has 1 aliphatic heterocycles. The van der Waals surface area contributed by atoms with Gasteiger partial charge in [0, 0.05) is 36.0 Å². The standard InChI is InChI=1S/C25H26N4O2S/c1-15-6-4-7-16(2)24(15)27-25(32)29-28-21-13-23(17(3)18-8-5-11-26-14-18)31-22-10-9-19(30)12-20(21)22/h4-12,14,17,23,30H,13H2,1-3H3,(H2,27,29,32)/b28-21+. The van der Waals surface area contributed by atoms with Crippen molar-refractivity contribution in [2.24, 2.45) is 5.10 Å². The molecule has 164 valence electrons. The minimum Gasteiger partial charge on any atom is -0.508 e. The average Bonchev–Trinajstić information content (AvgIpc) is 2.80. The summed E-state index contributed by atoms with van der Waals surface area (Å²) in [5.74, 6) is 0.953. The topological polar surface area (TPSA) is 78.8 Å². The van der Waals surface area contributed by atoms with Gasteiger partial charge in [0.15, 0.2) is 5.11 Å². The number of nitrogens with zero attached hydrogens (tertiary/aromatic N) is 2. The molecule has 3 N–H and O–H groups in total. The Hall–Kier alpha value is -3.45. The Morgan fingerprint density at radius 3 is 2.69 bits per heavy atom. The Kier molecular flexibility index (Phi) is 6.37. The normalized spacial score (nSPS) is 17.2. The Bertz CT molecular complexity index is 1140. The zero-order valence-electron chi connectivity index (χ0n) is 18.3. The minimum absolute atomic E-state index is 0.107. The second-order valence-corrected chi connectivity index (χ2v) is 8.42. The van der Waals surface area contributed by atoms with Gasteiger partial charge in [-0.2, -0.15) is 5.10 Å². The highest BCUT2D eigenvalue weighted by molar-refractivity contribution is 7.80. The van der Waals surface area contributed by atoms with Gasteiger partial charge in [-0.3, -0.25) is 10.4 Å². The highest BCUT2D eigenvalue weighted by Crippen LogP contribution is 2.35. The van der Waals surface area contributed by atoms with E-state index in [1.165, 1.54) is 0 Å². The molecule has 32 heavy (non-hydrogen) atoms. The molecule has 0 spiro atoms. The molecular weight excluding hydrogens is 420 g/mol. The van der Waals surface area contributed by atoms with E-state index < -0.39 is 0 Å². The third-order valence-corrected chi connectivity index (χ3v) is 5.92. The summed E-state index contributed by atoms with van der Waals surface area (Å²) in [6.07, 6.45) is 4.05. The van der Waals surface area contributed by atoms with E-state index in [-0.39, 0.29) is 17.8 Å². The lowest BCUT2D eigenvalue weighted by Crippen LogP contribution is -2.34. The molecule has 6 nitrogen and oxygen atoms in total. The van der Waals surface area contributed by atoms with Crippen LogP contribution in [0, 0.1) is 13.8 Å². The zero-order valence-corrected chi connectivity index (χ0v) is 19.1. The maximum absolute atomic E-state index is 10.0. The van der Waals surface area contributed by atoms with Crippen molar-refractivity contribution < 1.29 is 9.84 Å². The van der Waals surface area contributed by atoms with Gasteiger partial charge in [0.1, 0.15) is 17.6 Å². The van der Waals surface area contributed by atoms with E-state index in [9.17, 15) is 5.11 Å². The number of aromatic hydroxyl groups is 1. The molecule has 2 unspecified atom stereocenters. The lowest BCUT2D eigenvalue weighted by atomic mass is 9.89. The molecule has 0 saturated carbocycles. The van der Waals surface area contributed by atoms with E-state index in [2.05, 4.69) is 27.8 Å². The molecule has 4 rings (SSSR count). The Morgan fingerprint density at radius 1 is 1.19 bits per heavy atom. The number of aryl methyl sites for hydroxylation is 2. The SMILES string of the molecule is Cc1cccc(C)c1NC(=S)N/N=C1\CC(C(C)c2cccnc2)Oc2ccc(O)cc21. The highest BCUT2D eigenvalue weighted by Gasteiger charge is 2.30. The summed E-state index contributed by atoms with van der Waals surface area (Å²) in [6, 6.07) is 15.1. The van der Waals surface area contributed by atoms with Crippen LogP contribution in [0.1, 0.15) is 41.5 Å². The smallest absolute Gasteiger partial charge is 0.191 e. The molecule has 3 aromatic rings. The number of anilines is 1. The molecule has 0 aliphatic carbocycles. The van der Waals surface area contributed by atoms with Crippen molar-refractivity contribution in [3.63, 3.8) is 0 Å². The first-order valence-corrected chi connectivity index (χ1v) is 10.9. The highest BCUT2D eigenvalue weighted by atomic mass is 32.1. The fourth-order valence-corrected chi connectivity index (χ4v) is 4.02. The molecule has 0 bridgehead atoms. The maximum Gasteiger partial charge on any atom is 0.191 e.